The van der Waals surface area contributed by atoms with Gasteiger partial charge in [-0.2, -0.15) is 0 Å². The minimum Gasteiger partial charge on any atom is -0.489 e. The predicted molar refractivity (Wildman–Crippen MR) is 69.0 cm³/mol. The number of rotatable bonds is 6. The third kappa shape index (κ3) is 4.00. The van der Waals surface area contributed by atoms with E-state index in [4.69, 9.17) is 4.74 Å². The molecule has 0 radical (unpaired) electrons. The molecule has 2 unspecified atom stereocenters. The van der Waals surface area contributed by atoms with Gasteiger partial charge in [-0.05, 0) is 50.6 Å². The molecule has 0 heterocycles. The first-order chi connectivity index (χ1) is 8.08. The molecule has 2 nitrogen and oxygen atoms in total. The standard InChI is InChI=1S/C14H22FNO/c1-5-14(16-6-2)11(4)17-12-7-8-13(15)10(3)9-12/h7-9,11,14,16H,5-6H2,1-4H3. The van der Waals surface area contributed by atoms with E-state index in [2.05, 4.69) is 19.2 Å². The van der Waals surface area contributed by atoms with Gasteiger partial charge in [-0.3, -0.25) is 0 Å². The molecule has 2 atom stereocenters. The second-order valence-electron chi connectivity index (χ2n) is 4.31. The summed E-state index contributed by atoms with van der Waals surface area (Å²) in [6.07, 6.45) is 1.08. The predicted octanol–water partition coefficient (Wildman–Crippen LogP) is 3.29. The van der Waals surface area contributed by atoms with Crippen LogP contribution >= 0.6 is 0 Å². The molecule has 96 valence electrons. The van der Waals surface area contributed by atoms with E-state index in [1.54, 1.807) is 19.1 Å². The molecule has 0 amide bonds. The minimum absolute atomic E-state index is 0.0739. The number of aryl methyl sites for hydroxylation is 1. The summed E-state index contributed by atoms with van der Waals surface area (Å²) in [5.74, 6) is 0.538. The van der Waals surface area contributed by atoms with Crippen LogP contribution in [0.1, 0.15) is 32.8 Å². The number of likely N-dealkylation sites (N-methyl/N-ethyl adjacent to an activating group) is 1. The van der Waals surface area contributed by atoms with Gasteiger partial charge in [-0.1, -0.05) is 13.8 Å². The fourth-order valence-corrected chi connectivity index (χ4v) is 1.89. The van der Waals surface area contributed by atoms with Crippen molar-refractivity contribution in [1.82, 2.24) is 5.32 Å². The lowest BCUT2D eigenvalue weighted by Crippen LogP contribution is -2.40. The van der Waals surface area contributed by atoms with Gasteiger partial charge in [0, 0.05) is 6.04 Å². The van der Waals surface area contributed by atoms with Crippen molar-refractivity contribution in [2.45, 2.75) is 46.3 Å². The number of benzene rings is 1. The van der Waals surface area contributed by atoms with Gasteiger partial charge in [0.1, 0.15) is 17.7 Å². The summed E-state index contributed by atoms with van der Waals surface area (Å²) in [6, 6.07) is 5.19. The normalized spacial score (nSPS) is 14.4. The summed E-state index contributed by atoms with van der Waals surface area (Å²) >= 11 is 0. The highest BCUT2D eigenvalue weighted by atomic mass is 19.1. The lowest BCUT2D eigenvalue weighted by atomic mass is 10.1. The minimum atomic E-state index is -0.191. The molecule has 0 aliphatic rings. The van der Waals surface area contributed by atoms with Gasteiger partial charge in [0.25, 0.3) is 0 Å². The maximum Gasteiger partial charge on any atom is 0.126 e. The first-order valence-corrected chi connectivity index (χ1v) is 6.24. The Hall–Kier alpha value is -1.09. The zero-order chi connectivity index (χ0) is 12.8. The average molecular weight is 239 g/mol. The summed E-state index contributed by atoms with van der Waals surface area (Å²) in [6.45, 7) is 8.92. The third-order valence-electron chi connectivity index (χ3n) is 2.92. The molecule has 0 spiro atoms. The molecule has 0 aliphatic heterocycles. The molecule has 0 aliphatic carbocycles. The van der Waals surface area contributed by atoms with Crippen molar-refractivity contribution in [3.8, 4) is 5.75 Å². The van der Waals surface area contributed by atoms with Crippen molar-refractivity contribution in [2.24, 2.45) is 0 Å². The van der Waals surface area contributed by atoms with Gasteiger partial charge < -0.3 is 10.1 Å². The van der Waals surface area contributed by atoms with E-state index in [9.17, 15) is 4.39 Å². The van der Waals surface area contributed by atoms with Crippen molar-refractivity contribution in [2.75, 3.05) is 6.54 Å². The smallest absolute Gasteiger partial charge is 0.126 e. The van der Waals surface area contributed by atoms with Gasteiger partial charge in [0.2, 0.25) is 0 Å². The fourth-order valence-electron chi connectivity index (χ4n) is 1.89. The van der Waals surface area contributed by atoms with E-state index >= 15 is 0 Å². The first kappa shape index (κ1) is 14.0. The van der Waals surface area contributed by atoms with Crippen molar-refractivity contribution in [3.05, 3.63) is 29.6 Å². The molecule has 0 aromatic heterocycles. The van der Waals surface area contributed by atoms with Crippen LogP contribution in [0.25, 0.3) is 0 Å². The van der Waals surface area contributed by atoms with Gasteiger partial charge in [0.15, 0.2) is 0 Å². The lowest BCUT2D eigenvalue weighted by molar-refractivity contribution is 0.168. The quantitative estimate of drug-likeness (QED) is 0.822. The summed E-state index contributed by atoms with van der Waals surface area (Å²) in [5, 5.41) is 3.38. The van der Waals surface area contributed by atoms with E-state index in [0.717, 1.165) is 18.7 Å². The van der Waals surface area contributed by atoms with Gasteiger partial charge in [-0.15, -0.1) is 0 Å². The van der Waals surface area contributed by atoms with Crippen LogP contribution in [0, 0.1) is 12.7 Å². The monoisotopic (exact) mass is 239 g/mol. The molecule has 0 saturated carbocycles. The third-order valence-corrected chi connectivity index (χ3v) is 2.92. The molecule has 1 N–H and O–H groups in total. The van der Waals surface area contributed by atoms with Crippen LogP contribution in [-0.2, 0) is 0 Å². The lowest BCUT2D eigenvalue weighted by Gasteiger charge is -2.24. The van der Waals surface area contributed by atoms with E-state index < -0.39 is 0 Å². The Kier molecular flexibility index (Phi) is 5.42. The molecule has 0 fully saturated rings. The Morgan fingerprint density at radius 1 is 1.35 bits per heavy atom. The number of hydrogen-bond donors (Lipinski definition) is 1. The second kappa shape index (κ2) is 6.60. The van der Waals surface area contributed by atoms with E-state index in [0.29, 0.717) is 11.6 Å². The van der Waals surface area contributed by atoms with Gasteiger partial charge in [0.05, 0.1) is 0 Å². The number of halogens is 1. The summed E-state index contributed by atoms with van der Waals surface area (Å²) in [5.41, 5.74) is 0.617. The van der Waals surface area contributed by atoms with Crippen molar-refractivity contribution < 1.29 is 9.13 Å². The highest BCUT2D eigenvalue weighted by Gasteiger charge is 2.15. The topological polar surface area (TPSA) is 21.3 Å². The molecule has 17 heavy (non-hydrogen) atoms. The zero-order valence-electron chi connectivity index (χ0n) is 11.1. The Bertz CT molecular complexity index is 354. The summed E-state index contributed by atoms with van der Waals surface area (Å²) < 4.78 is 18.9. The highest BCUT2D eigenvalue weighted by Crippen LogP contribution is 2.18. The van der Waals surface area contributed by atoms with Crippen LogP contribution in [0.5, 0.6) is 5.75 Å². The maximum atomic E-state index is 13.1. The summed E-state index contributed by atoms with van der Waals surface area (Å²) in [4.78, 5) is 0. The van der Waals surface area contributed by atoms with Crippen molar-refractivity contribution in [3.63, 3.8) is 0 Å². The Balaban J connectivity index is 2.66. The molecular weight excluding hydrogens is 217 g/mol. The molecule has 0 saturated heterocycles. The number of ether oxygens (including phenoxy) is 1. The van der Waals surface area contributed by atoms with Crippen LogP contribution < -0.4 is 10.1 Å². The Morgan fingerprint density at radius 3 is 2.59 bits per heavy atom. The maximum absolute atomic E-state index is 13.1. The molecule has 1 aromatic carbocycles. The molecule has 1 rings (SSSR count). The number of hydrogen-bond acceptors (Lipinski definition) is 2. The second-order valence-corrected chi connectivity index (χ2v) is 4.31. The zero-order valence-corrected chi connectivity index (χ0v) is 11.1. The van der Waals surface area contributed by atoms with E-state index in [1.165, 1.54) is 6.07 Å². The van der Waals surface area contributed by atoms with Gasteiger partial charge in [-0.25, -0.2) is 4.39 Å². The van der Waals surface area contributed by atoms with Crippen molar-refractivity contribution in [1.29, 1.82) is 0 Å². The highest BCUT2D eigenvalue weighted by molar-refractivity contribution is 5.29. The number of nitrogens with one attached hydrogen (secondary N) is 1. The molecular formula is C14H22FNO. The molecule has 3 heteroatoms. The SMILES string of the molecule is CCNC(CC)C(C)Oc1ccc(F)c(C)c1. The van der Waals surface area contributed by atoms with Crippen LogP contribution in [0.15, 0.2) is 18.2 Å². The Labute approximate surface area is 103 Å². The molecule has 1 aromatic rings. The van der Waals surface area contributed by atoms with Crippen LogP contribution in [0.2, 0.25) is 0 Å². The van der Waals surface area contributed by atoms with Crippen LogP contribution in [0.4, 0.5) is 4.39 Å². The largest absolute Gasteiger partial charge is 0.489 e. The van der Waals surface area contributed by atoms with Crippen LogP contribution in [0.3, 0.4) is 0 Å². The summed E-state index contributed by atoms with van der Waals surface area (Å²) in [7, 11) is 0. The van der Waals surface area contributed by atoms with E-state index in [-0.39, 0.29) is 11.9 Å². The van der Waals surface area contributed by atoms with Gasteiger partial charge >= 0.3 is 0 Å². The van der Waals surface area contributed by atoms with Crippen LogP contribution in [-0.4, -0.2) is 18.7 Å². The van der Waals surface area contributed by atoms with E-state index in [1.807, 2.05) is 6.92 Å². The Morgan fingerprint density at radius 2 is 2.06 bits per heavy atom. The average Bonchev–Trinajstić information content (AvgIpc) is 2.30. The van der Waals surface area contributed by atoms with Crippen molar-refractivity contribution >= 4 is 0 Å². The first-order valence-electron chi connectivity index (χ1n) is 6.24. The molecule has 0 bridgehead atoms. The fraction of sp³-hybridized carbons (Fsp3) is 0.571.